The molecule has 0 radical (unpaired) electrons. The average Bonchev–Trinajstić information content (AvgIpc) is 2.68. The van der Waals surface area contributed by atoms with E-state index in [2.05, 4.69) is 9.62 Å². The molecule has 0 spiro atoms. The summed E-state index contributed by atoms with van der Waals surface area (Å²) in [6.45, 7) is 3.38. The van der Waals surface area contributed by atoms with Crippen molar-refractivity contribution in [2.45, 2.75) is 24.3 Å². The Bertz CT molecular complexity index is 589. The third-order valence-electron chi connectivity index (χ3n) is 3.32. The zero-order valence-corrected chi connectivity index (χ0v) is 12.6. The van der Waals surface area contributed by atoms with Gasteiger partial charge in [0.1, 0.15) is 4.90 Å². The van der Waals surface area contributed by atoms with E-state index in [-0.39, 0.29) is 16.0 Å². The Hall–Kier alpha value is -0.820. The van der Waals surface area contributed by atoms with Crippen LogP contribution in [0.2, 0.25) is 5.02 Å². The Morgan fingerprint density at radius 2 is 2.16 bits per heavy atom. The molecule has 106 valence electrons. The number of benzene rings is 1. The lowest BCUT2D eigenvalue weighted by Crippen LogP contribution is -2.36. The first-order valence-corrected chi connectivity index (χ1v) is 7.92. The van der Waals surface area contributed by atoms with Gasteiger partial charge in [0.2, 0.25) is 10.0 Å². The molecule has 2 rings (SSSR count). The number of rotatable bonds is 3. The van der Waals surface area contributed by atoms with Gasteiger partial charge in [0.15, 0.2) is 0 Å². The van der Waals surface area contributed by atoms with Crippen molar-refractivity contribution in [1.82, 2.24) is 9.62 Å². The molecule has 1 aliphatic rings. The molecule has 1 heterocycles. The first kappa shape index (κ1) is 14.6. The van der Waals surface area contributed by atoms with Crippen molar-refractivity contribution in [2.24, 2.45) is 0 Å². The summed E-state index contributed by atoms with van der Waals surface area (Å²) < 4.78 is 27.3. The van der Waals surface area contributed by atoms with Crippen LogP contribution in [0.15, 0.2) is 17.0 Å². The summed E-state index contributed by atoms with van der Waals surface area (Å²) in [5, 5.41) is 0.200. The summed E-state index contributed by atoms with van der Waals surface area (Å²) in [6.07, 6.45) is 0.800. The van der Waals surface area contributed by atoms with Crippen molar-refractivity contribution in [1.29, 1.82) is 0 Å². The second-order valence-corrected chi connectivity index (χ2v) is 7.10. The van der Waals surface area contributed by atoms with Crippen LogP contribution in [-0.2, 0) is 10.0 Å². The highest BCUT2D eigenvalue weighted by Crippen LogP contribution is 2.27. The van der Waals surface area contributed by atoms with Gasteiger partial charge in [-0.05, 0) is 44.6 Å². The number of hydrogen-bond donors (Lipinski definition) is 2. The van der Waals surface area contributed by atoms with E-state index in [9.17, 15) is 8.42 Å². The number of sulfonamides is 1. The standard InChI is InChI=1S/C12H18ClN3O2S/c1-8-5-10(13)12(6-11(8)14)19(17,18)15-9-3-4-16(2)7-9/h5-6,9,15H,3-4,7,14H2,1-2H3. The molecule has 0 aromatic heterocycles. The number of likely N-dealkylation sites (tertiary alicyclic amines) is 1. The van der Waals surface area contributed by atoms with Gasteiger partial charge >= 0.3 is 0 Å². The summed E-state index contributed by atoms with van der Waals surface area (Å²) in [5.74, 6) is 0. The third kappa shape index (κ3) is 3.20. The monoisotopic (exact) mass is 303 g/mol. The van der Waals surface area contributed by atoms with Crippen LogP contribution in [0, 0.1) is 6.92 Å². The molecule has 7 heteroatoms. The molecule has 19 heavy (non-hydrogen) atoms. The quantitative estimate of drug-likeness (QED) is 0.823. The highest BCUT2D eigenvalue weighted by Gasteiger charge is 2.27. The highest BCUT2D eigenvalue weighted by atomic mass is 35.5. The van der Waals surface area contributed by atoms with Gasteiger partial charge in [-0.3, -0.25) is 0 Å². The van der Waals surface area contributed by atoms with E-state index in [0.717, 1.165) is 18.5 Å². The molecule has 1 fully saturated rings. The smallest absolute Gasteiger partial charge is 0.242 e. The van der Waals surface area contributed by atoms with Crippen molar-refractivity contribution >= 4 is 27.3 Å². The van der Waals surface area contributed by atoms with Crippen LogP contribution in [0.1, 0.15) is 12.0 Å². The molecule has 5 nitrogen and oxygen atoms in total. The summed E-state index contributed by atoms with van der Waals surface area (Å²) in [7, 11) is -1.66. The van der Waals surface area contributed by atoms with Gasteiger partial charge in [-0.2, -0.15) is 0 Å². The molecule has 0 saturated carbocycles. The fraction of sp³-hybridized carbons (Fsp3) is 0.500. The summed E-state index contributed by atoms with van der Waals surface area (Å²) in [6, 6.07) is 2.92. The minimum atomic E-state index is -3.63. The van der Waals surface area contributed by atoms with E-state index < -0.39 is 10.0 Å². The molecule has 1 unspecified atom stereocenters. The summed E-state index contributed by atoms with van der Waals surface area (Å²) in [5.41, 5.74) is 6.95. The number of nitrogens with one attached hydrogen (secondary N) is 1. The van der Waals surface area contributed by atoms with Crippen molar-refractivity contribution in [3.63, 3.8) is 0 Å². The van der Waals surface area contributed by atoms with E-state index in [1.54, 1.807) is 13.0 Å². The predicted molar refractivity (Wildman–Crippen MR) is 76.8 cm³/mol. The zero-order valence-electron chi connectivity index (χ0n) is 11.0. The molecule has 3 N–H and O–H groups in total. The normalized spacial score (nSPS) is 20.9. The average molecular weight is 304 g/mol. The number of nitrogens with two attached hydrogens (primary N) is 1. The Balaban J connectivity index is 2.27. The van der Waals surface area contributed by atoms with Crippen LogP contribution in [0.5, 0.6) is 0 Å². The van der Waals surface area contributed by atoms with Crippen molar-refractivity contribution < 1.29 is 8.42 Å². The van der Waals surface area contributed by atoms with E-state index in [0.29, 0.717) is 12.2 Å². The summed E-state index contributed by atoms with van der Waals surface area (Å²) >= 11 is 6.01. The van der Waals surface area contributed by atoms with E-state index >= 15 is 0 Å². The molecule has 0 aliphatic carbocycles. The SMILES string of the molecule is Cc1cc(Cl)c(S(=O)(=O)NC2CCN(C)C2)cc1N. The van der Waals surface area contributed by atoms with Crippen molar-refractivity contribution in [2.75, 3.05) is 25.9 Å². The van der Waals surface area contributed by atoms with Gasteiger partial charge in [-0.1, -0.05) is 11.6 Å². The second-order valence-electron chi connectivity index (χ2n) is 5.01. The van der Waals surface area contributed by atoms with Crippen LogP contribution < -0.4 is 10.5 Å². The molecule has 1 aliphatic heterocycles. The van der Waals surface area contributed by atoms with Gasteiger partial charge < -0.3 is 10.6 Å². The summed E-state index contributed by atoms with van der Waals surface area (Å²) in [4.78, 5) is 2.13. The molecule has 1 atom stereocenters. The fourth-order valence-corrected chi connectivity index (χ4v) is 4.07. The van der Waals surface area contributed by atoms with E-state index in [4.69, 9.17) is 17.3 Å². The second kappa shape index (κ2) is 5.28. The number of likely N-dealkylation sites (N-methyl/N-ethyl adjacent to an activating group) is 1. The van der Waals surface area contributed by atoms with E-state index in [1.807, 2.05) is 7.05 Å². The Morgan fingerprint density at radius 1 is 1.47 bits per heavy atom. The van der Waals surface area contributed by atoms with Gasteiger partial charge in [0, 0.05) is 18.3 Å². The largest absolute Gasteiger partial charge is 0.398 e. The maximum absolute atomic E-state index is 12.3. The van der Waals surface area contributed by atoms with Gasteiger partial charge in [0.05, 0.1) is 5.02 Å². The highest BCUT2D eigenvalue weighted by molar-refractivity contribution is 7.89. The fourth-order valence-electron chi connectivity index (χ4n) is 2.19. The molecule has 0 bridgehead atoms. The van der Waals surface area contributed by atoms with Gasteiger partial charge in [0.25, 0.3) is 0 Å². The van der Waals surface area contributed by atoms with Crippen LogP contribution in [0.25, 0.3) is 0 Å². The minimum absolute atomic E-state index is 0.0480. The first-order chi connectivity index (χ1) is 8.79. The maximum atomic E-state index is 12.3. The lowest BCUT2D eigenvalue weighted by molar-refractivity contribution is 0.407. The lowest BCUT2D eigenvalue weighted by Gasteiger charge is -2.15. The number of anilines is 1. The van der Waals surface area contributed by atoms with Crippen LogP contribution in [0.4, 0.5) is 5.69 Å². The van der Waals surface area contributed by atoms with Crippen molar-refractivity contribution in [3.8, 4) is 0 Å². The van der Waals surface area contributed by atoms with Crippen LogP contribution in [0.3, 0.4) is 0 Å². The molecule has 1 saturated heterocycles. The van der Waals surface area contributed by atoms with Crippen LogP contribution in [-0.4, -0.2) is 39.5 Å². The van der Waals surface area contributed by atoms with E-state index in [1.165, 1.54) is 6.07 Å². The van der Waals surface area contributed by atoms with Gasteiger partial charge in [-0.15, -0.1) is 0 Å². The maximum Gasteiger partial charge on any atom is 0.242 e. The Labute approximate surface area is 118 Å². The topological polar surface area (TPSA) is 75.4 Å². The molecule has 1 aromatic carbocycles. The number of aryl methyl sites for hydroxylation is 1. The number of nitrogen functional groups attached to an aromatic ring is 1. The third-order valence-corrected chi connectivity index (χ3v) is 5.31. The molecule has 0 amide bonds. The number of nitrogens with zero attached hydrogens (tertiary/aromatic N) is 1. The number of hydrogen-bond acceptors (Lipinski definition) is 4. The minimum Gasteiger partial charge on any atom is -0.398 e. The Kier molecular flexibility index (Phi) is 4.06. The number of halogens is 1. The zero-order chi connectivity index (χ0) is 14.2. The van der Waals surface area contributed by atoms with Gasteiger partial charge in [-0.25, -0.2) is 13.1 Å². The lowest BCUT2D eigenvalue weighted by atomic mass is 10.2. The molecule has 1 aromatic rings. The molecular weight excluding hydrogens is 286 g/mol. The predicted octanol–water partition coefficient (Wildman–Crippen LogP) is 1.21. The Morgan fingerprint density at radius 3 is 2.74 bits per heavy atom. The first-order valence-electron chi connectivity index (χ1n) is 6.06. The molecular formula is C12H18ClN3O2S. The van der Waals surface area contributed by atoms with Crippen LogP contribution >= 0.6 is 11.6 Å². The van der Waals surface area contributed by atoms with Crippen molar-refractivity contribution in [3.05, 3.63) is 22.7 Å².